The number of anilines is 1. The second kappa shape index (κ2) is 7.22. The Kier molecular flexibility index (Phi) is 4.63. The van der Waals surface area contributed by atoms with Crippen molar-refractivity contribution in [2.75, 3.05) is 18.0 Å². The molecule has 3 aromatic rings. The third kappa shape index (κ3) is 3.44. The summed E-state index contributed by atoms with van der Waals surface area (Å²) < 4.78 is 0. The van der Waals surface area contributed by atoms with Gasteiger partial charge in [-0.1, -0.05) is 30.3 Å². The Morgan fingerprint density at radius 3 is 2.73 bits per heavy atom. The highest BCUT2D eigenvalue weighted by molar-refractivity contribution is 5.92. The van der Waals surface area contributed by atoms with E-state index in [2.05, 4.69) is 58.9 Å². The van der Waals surface area contributed by atoms with Crippen LogP contribution in [-0.4, -0.2) is 24.1 Å². The zero-order valence-electron chi connectivity index (χ0n) is 15.0. The lowest BCUT2D eigenvalue weighted by molar-refractivity contribution is 0.243. The molecule has 134 valence electrons. The fourth-order valence-corrected chi connectivity index (χ4v) is 3.38. The van der Waals surface area contributed by atoms with E-state index in [9.17, 15) is 4.79 Å². The minimum Gasteiger partial charge on any atom is -0.357 e. The smallest absolute Gasteiger partial charge is 0.321 e. The highest BCUT2D eigenvalue weighted by atomic mass is 16.2. The Morgan fingerprint density at radius 1 is 1.15 bits per heavy atom. The number of rotatable bonds is 5. The third-order valence-corrected chi connectivity index (χ3v) is 4.96. The summed E-state index contributed by atoms with van der Waals surface area (Å²) in [6.07, 6.45) is 0.983. The number of carbonyl (C=O) groups excluding carboxylic acids is 1. The van der Waals surface area contributed by atoms with Crippen LogP contribution in [0.3, 0.4) is 0 Å². The molecule has 2 heterocycles. The first-order valence-corrected chi connectivity index (χ1v) is 9.16. The zero-order valence-corrected chi connectivity index (χ0v) is 15.0. The van der Waals surface area contributed by atoms with E-state index >= 15 is 0 Å². The van der Waals surface area contributed by atoms with Gasteiger partial charge < -0.3 is 15.6 Å². The average molecular weight is 348 g/mol. The van der Waals surface area contributed by atoms with Gasteiger partial charge in [0, 0.05) is 42.6 Å². The van der Waals surface area contributed by atoms with Crippen LogP contribution in [0.4, 0.5) is 10.5 Å². The van der Waals surface area contributed by atoms with Gasteiger partial charge in [-0.15, -0.1) is 0 Å². The van der Waals surface area contributed by atoms with Gasteiger partial charge in [0.05, 0.1) is 0 Å². The zero-order chi connectivity index (χ0) is 17.9. The van der Waals surface area contributed by atoms with E-state index in [-0.39, 0.29) is 12.1 Å². The summed E-state index contributed by atoms with van der Waals surface area (Å²) >= 11 is 0. The van der Waals surface area contributed by atoms with Gasteiger partial charge in [-0.05, 0) is 48.6 Å². The maximum Gasteiger partial charge on any atom is 0.321 e. The molecular weight excluding hydrogens is 324 g/mol. The topological polar surface area (TPSA) is 60.2 Å². The summed E-state index contributed by atoms with van der Waals surface area (Å²) in [7, 11) is 0. The summed E-state index contributed by atoms with van der Waals surface area (Å²) in [5.41, 5.74) is 4.51. The van der Waals surface area contributed by atoms with Crippen molar-refractivity contribution in [1.82, 2.24) is 15.6 Å². The fraction of sp³-hybridized carbons (Fsp3) is 0.286. The number of fused-ring (bicyclic) bond motifs is 1. The van der Waals surface area contributed by atoms with Crippen LogP contribution in [0.1, 0.15) is 30.6 Å². The lowest BCUT2D eigenvalue weighted by Crippen LogP contribution is -2.46. The summed E-state index contributed by atoms with van der Waals surface area (Å²) in [5, 5.41) is 7.68. The molecular formula is C21H24N4O. The van der Waals surface area contributed by atoms with E-state index < -0.39 is 0 Å². The standard InChI is InChI=1S/C21H24N4O/c1-15(20-13-17-5-2-3-6-19(17)24-20)23-14-16-7-9-18(10-8-16)25-12-4-11-22-21(25)26/h2-3,5-10,13,15,23-24H,4,11-12,14H2,1H3,(H,22,26). The van der Waals surface area contributed by atoms with Gasteiger partial charge in [0.15, 0.2) is 0 Å². The molecule has 3 N–H and O–H groups in total. The van der Waals surface area contributed by atoms with Crippen molar-refractivity contribution >= 4 is 22.6 Å². The van der Waals surface area contributed by atoms with Crippen molar-refractivity contribution in [3.8, 4) is 0 Å². The van der Waals surface area contributed by atoms with Crippen molar-refractivity contribution in [2.24, 2.45) is 0 Å². The molecule has 0 aliphatic carbocycles. The molecule has 1 unspecified atom stereocenters. The molecule has 5 nitrogen and oxygen atoms in total. The Bertz CT molecular complexity index is 867. The summed E-state index contributed by atoms with van der Waals surface area (Å²) in [4.78, 5) is 17.2. The van der Waals surface area contributed by atoms with Gasteiger partial charge in [0.1, 0.15) is 0 Å². The first-order chi connectivity index (χ1) is 12.7. The number of nitrogens with one attached hydrogen (secondary N) is 3. The normalized spacial score (nSPS) is 15.9. The molecule has 1 aliphatic rings. The number of para-hydroxylation sites is 1. The number of aromatic amines is 1. The van der Waals surface area contributed by atoms with Gasteiger partial charge in [-0.3, -0.25) is 4.90 Å². The van der Waals surface area contributed by atoms with Crippen LogP contribution < -0.4 is 15.5 Å². The SMILES string of the molecule is CC(NCc1ccc(N2CCCNC2=O)cc1)c1cc2ccccc2[nH]1. The number of hydrogen-bond donors (Lipinski definition) is 3. The van der Waals surface area contributed by atoms with Crippen LogP contribution in [0.5, 0.6) is 0 Å². The second-order valence-corrected chi connectivity index (χ2v) is 6.82. The lowest BCUT2D eigenvalue weighted by atomic mass is 10.1. The van der Waals surface area contributed by atoms with Gasteiger partial charge in [0.2, 0.25) is 0 Å². The molecule has 0 saturated carbocycles. The van der Waals surface area contributed by atoms with Gasteiger partial charge in [-0.25, -0.2) is 4.79 Å². The van der Waals surface area contributed by atoms with Crippen LogP contribution in [0, 0.1) is 0 Å². The molecule has 4 rings (SSSR count). The fourth-order valence-electron chi connectivity index (χ4n) is 3.38. The quantitative estimate of drug-likeness (QED) is 0.654. The monoisotopic (exact) mass is 348 g/mol. The van der Waals surface area contributed by atoms with Crippen molar-refractivity contribution in [1.29, 1.82) is 0 Å². The van der Waals surface area contributed by atoms with Crippen molar-refractivity contribution in [3.63, 3.8) is 0 Å². The molecule has 0 bridgehead atoms. The number of nitrogens with zero attached hydrogens (tertiary/aromatic N) is 1. The molecule has 1 aromatic heterocycles. The van der Waals surface area contributed by atoms with Crippen LogP contribution in [-0.2, 0) is 6.54 Å². The van der Waals surface area contributed by atoms with Gasteiger partial charge in [0.25, 0.3) is 0 Å². The Morgan fingerprint density at radius 2 is 1.96 bits per heavy atom. The molecule has 1 aliphatic heterocycles. The maximum absolute atomic E-state index is 11.9. The Labute approximate surface area is 153 Å². The molecule has 1 saturated heterocycles. The summed E-state index contributed by atoms with van der Waals surface area (Å²) in [6.45, 7) is 4.49. The van der Waals surface area contributed by atoms with Crippen molar-refractivity contribution in [2.45, 2.75) is 25.9 Å². The number of urea groups is 1. The van der Waals surface area contributed by atoms with E-state index in [1.54, 1.807) is 4.90 Å². The van der Waals surface area contributed by atoms with Crippen molar-refractivity contribution < 1.29 is 4.79 Å². The van der Waals surface area contributed by atoms with E-state index in [0.717, 1.165) is 31.7 Å². The van der Waals surface area contributed by atoms with E-state index in [4.69, 9.17) is 0 Å². The van der Waals surface area contributed by atoms with Crippen LogP contribution in [0.25, 0.3) is 10.9 Å². The maximum atomic E-state index is 11.9. The van der Waals surface area contributed by atoms with E-state index in [1.165, 1.54) is 22.2 Å². The first kappa shape index (κ1) is 16.7. The molecule has 26 heavy (non-hydrogen) atoms. The predicted octanol–water partition coefficient (Wildman–Crippen LogP) is 3.94. The molecule has 0 radical (unpaired) electrons. The molecule has 2 amide bonds. The molecule has 0 spiro atoms. The number of aromatic nitrogens is 1. The molecule has 1 fully saturated rings. The number of amides is 2. The highest BCUT2D eigenvalue weighted by Crippen LogP contribution is 2.21. The van der Waals surface area contributed by atoms with E-state index in [1.807, 2.05) is 18.2 Å². The minimum atomic E-state index is -0.00504. The van der Waals surface area contributed by atoms with Crippen molar-refractivity contribution in [3.05, 3.63) is 65.9 Å². The minimum absolute atomic E-state index is 0.00504. The number of carbonyl (C=O) groups is 1. The van der Waals surface area contributed by atoms with E-state index in [0.29, 0.717) is 0 Å². The predicted molar refractivity (Wildman–Crippen MR) is 105 cm³/mol. The lowest BCUT2D eigenvalue weighted by Gasteiger charge is -2.27. The number of benzene rings is 2. The van der Waals surface area contributed by atoms with Gasteiger partial charge in [-0.2, -0.15) is 0 Å². The molecule has 1 atom stereocenters. The molecule has 5 heteroatoms. The second-order valence-electron chi connectivity index (χ2n) is 6.82. The Balaban J connectivity index is 1.38. The van der Waals surface area contributed by atoms with Crippen LogP contribution in [0.2, 0.25) is 0 Å². The first-order valence-electron chi connectivity index (χ1n) is 9.16. The van der Waals surface area contributed by atoms with Crippen LogP contribution in [0.15, 0.2) is 54.6 Å². The molecule has 2 aromatic carbocycles. The average Bonchev–Trinajstić information content (AvgIpc) is 3.11. The summed E-state index contributed by atoms with van der Waals surface area (Å²) in [6, 6.07) is 19.0. The number of H-pyrrole nitrogens is 1. The summed E-state index contributed by atoms with van der Waals surface area (Å²) in [5.74, 6) is 0. The van der Waals surface area contributed by atoms with Crippen LogP contribution >= 0.6 is 0 Å². The highest BCUT2D eigenvalue weighted by Gasteiger charge is 2.18. The largest absolute Gasteiger partial charge is 0.357 e. The number of hydrogen-bond acceptors (Lipinski definition) is 2. The van der Waals surface area contributed by atoms with Gasteiger partial charge >= 0.3 is 6.03 Å². The third-order valence-electron chi connectivity index (χ3n) is 4.96. The Hall–Kier alpha value is -2.79.